The number of nitrogens with zero attached hydrogens (tertiary/aromatic N) is 1. The predicted octanol–water partition coefficient (Wildman–Crippen LogP) is 3.64. The second-order valence-corrected chi connectivity index (χ2v) is 10.1. The highest BCUT2D eigenvalue weighted by Crippen LogP contribution is 2.31. The van der Waals surface area contributed by atoms with Gasteiger partial charge in [0, 0.05) is 35.2 Å². The number of aromatic nitrogens is 1. The molecule has 0 saturated carbocycles. The number of aromatic amines is 1. The van der Waals surface area contributed by atoms with Crippen LogP contribution in [0.4, 0.5) is 0 Å². The van der Waals surface area contributed by atoms with E-state index >= 15 is 0 Å². The Bertz CT molecular complexity index is 1190. The predicted molar refractivity (Wildman–Crippen MR) is 118 cm³/mol. The molecule has 1 aromatic heterocycles. The first-order valence-electron chi connectivity index (χ1n) is 9.95. The van der Waals surface area contributed by atoms with E-state index < -0.39 is 10.0 Å². The fourth-order valence-corrected chi connectivity index (χ4v) is 5.15. The van der Waals surface area contributed by atoms with Crippen LogP contribution in [0.2, 0.25) is 5.02 Å². The average Bonchev–Trinajstić information content (AvgIpc) is 3.11. The largest absolute Gasteiger partial charge is 0.358 e. The van der Waals surface area contributed by atoms with Gasteiger partial charge in [-0.3, -0.25) is 4.79 Å². The molecular formula is C22H24ClN3O3S. The number of H-pyrrole nitrogens is 1. The smallest absolute Gasteiger partial charge is 0.243 e. The number of rotatable bonds is 6. The van der Waals surface area contributed by atoms with E-state index in [0.717, 1.165) is 46.5 Å². The van der Waals surface area contributed by atoms with Crippen molar-refractivity contribution in [3.8, 4) is 0 Å². The van der Waals surface area contributed by atoms with Crippen molar-refractivity contribution < 1.29 is 13.2 Å². The van der Waals surface area contributed by atoms with Crippen LogP contribution in [-0.4, -0.2) is 37.2 Å². The zero-order valence-corrected chi connectivity index (χ0v) is 18.3. The molecule has 0 atom stereocenters. The molecule has 1 heterocycles. The van der Waals surface area contributed by atoms with E-state index in [1.807, 2.05) is 18.2 Å². The van der Waals surface area contributed by atoms with Crippen molar-refractivity contribution in [3.63, 3.8) is 0 Å². The van der Waals surface area contributed by atoms with Crippen LogP contribution in [0.5, 0.6) is 0 Å². The number of amides is 1. The Morgan fingerprint density at radius 2 is 1.87 bits per heavy atom. The highest BCUT2D eigenvalue weighted by Gasteiger charge is 2.24. The molecule has 2 N–H and O–H groups in total. The van der Waals surface area contributed by atoms with Gasteiger partial charge in [-0.15, -0.1) is 0 Å². The van der Waals surface area contributed by atoms with E-state index in [2.05, 4.69) is 10.3 Å². The summed E-state index contributed by atoms with van der Waals surface area (Å²) in [5, 5.41) is 4.33. The maximum absolute atomic E-state index is 13.0. The molecule has 1 amide bonds. The van der Waals surface area contributed by atoms with Gasteiger partial charge in [-0.25, -0.2) is 8.42 Å². The first-order valence-corrected chi connectivity index (χ1v) is 11.8. The zero-order valence-electron chi connectivity index (χ0n) is 16.7. The molecule has 3 aromatic rings. The zero-order chi connectivity index (χ0) is 21.3. The molecule has 0 saturated heterocycles. The molecule has 6 nitrogen and oxygen atoms in total. The SMILES string of the molecule is CN(CC(=O)NCc1ccc(Cl)cc1)S(=O)(=O)c1ccc2[nH]c3c(c2c1)CCCC3. The van der Waals surface area contributed by atoms with E-state index in [-0.39, 0.29) is 17.3 Å². The second kappa shape index (κ2) is 8.41. The van der Waals surface area contributed by atoms with Gasteiger partial charge >= 0.3 is 0 Å². The number of halogens is 1. The van der Waals surface area contributed by atoms with Gasteiger partial charge in [-0.1, -0.05) is 23.7 Å². The van der Waals surface area contributed by atoms with Crippen molar-refractivity contribution in [1.29, 1.82) is 0 Å². The third-order valence-electron chi connectivity index (χ3n) is 5.55. The van der Waals surface area contributed by atoms with Crippen molar-refractivity contribution in [2.24, 2.45) is 0 Å². The number of hydrogen-bond donors (Lipinski definition) is 2. The quantitative estimate of drug-likeness (QED) is 0.607. The Labute approximate surface area is 181 Å². The minimum absolute atomic E-state index is 0.204. The number of fused-ring (bicyclic) bond motifs is 3. The molecule has 1 aliphatic carbocycles. The lowest BCUT2D eigenvalue weighted by atomic mass is 9.96. The fourth-order valence-electron chi connectivity index (χ4n) is 3.87. The molecular weight excluding hydrogens is 422 g/mol. The summed E-state index contributed by atoms with van der Waals surface area (Å²) in [5.41, 5.74) is 4.28. The number of nitrogens with one attached hydrogen (secondary N) is 2. The maximum Gasteiger partial charge on any atom is 0.243 e. The van der Waals surface area contributed by atoms with Gasteiger partial charge in [0.1, 0.15) is 0 Å². The Kier molecular flexibility index (Phi) is 5.86. The van der Waals surface area contributed by atoms with E-state index in [9.17, 15) is 13.2 Å². The van der Waals surface area contributed by atoms with Crippen LogP contribution in [-0.2, 0) is 34.2 Å². The van der Waals surface area contributed by atoms with Gasteiger partial charge in [-0.05, 0) is 67.1 Å². The lowest BCUT2D eigenvalue weighted by molar-refractivity contribution is -0.121. The van der Waals surface area contributed by atoms with Gasteiger partial charge < -0.3 is 10.3 Å². The summed E-state index contributed by atoms with van der Waals surface area (Å²) in [6.45, 7) is 0.0601. The van der Waals surface area contributed by atoms with Crippen molar-refractivity contribution in [2.45, 2.75) is 37.1 Å². The van der Waals surface area contributed by atoms with Crippen molar-refractivity contribution in [1.82, 2.24) is 14.6 Å². The van der Waals surface area contributed by atoms with Gasteiger partial charge in [0.05, 0.1) is 11.4 Å². The van der Waals surface area contributed by atoms with Crippen molar-refractivity contribution >= 4 is 38.4 Å². The molecule has 4 rings (SSSR count). The van der Waals surface area contributed by atoms with Crippen LogP contribution in [0.3, 0.4) is 0 Å². The fraction of sp³-hybridized carbons (Fsp3) is 0.318. The molecule has 0 spiro atoms. The van der Waals surface area contributed by atoms with Crippen LogP contribution in [0.15, 0.2) is 47.4 Å². The van der Waals surface area contributed by atoms with E-state index in [4.69, 9.17) is 11.6 Å². The summed E-state index contributed by atoms with van der Waals surface area (Å²) in [5.74, 6) is -0.365. The summed E-state index contributed by atoms with van der Waals surface area (Å²) >= 11 is 5.86. The van der Waals surface area contributed by atoms with Gasteiger partial charge in [0.25, 0.3) is 0 Å². The maximum atomic E-state index is 13.0. The molecule has 0 bridgehead atoms. The third kappa shape index (κ3) is 4.24. The number of sulfonamides is 1. The van der Waals surface area contributed by atoms with E-state index in [1.54, 1.807) is 24.3 Å². The number of likely N-dealkylation sites (N-methyl/N-ethyl adjacent to an activating group) is 1. The number of carbonyl (C=O) groups is 1. The number of benzene rings is 2. The van der Waals surface area contributed by atoms with Gasteiger partial charge in [0.2, 0.25) is 15.9 Å². The van der Waals surface area contributed by atoms with E-state index in [1.165, 1.54) is 18.3 Å². The monoisotopic (exact) mass is 445 g/mol. The van der Waals surface area contributed by atoms with Gasteiger partial charge in [0.15, 0.2) is 0 Å². The Morgan fingerprint density at radius 1 is 1.13 bits per heavy atom. The number of hydrogen-bond acceptors (Lipinski definition) is 3. The van der Waals surface area contributed by atoms with E-state index in [0.29, 0.717) is 11.6 Å². The first kappa shape index (κ1) is 20.9. The molecule has 0 unspecified atom stereocenters. The summed E-state index contributed by atoms with van der Waals surface area (Å²) in [4.78, 5) is 15.9. The Balaban J connectivity index is 1.47. The van der Waals surface area contributed by atoms with Crippen LogP contribution in [0, 0.1) is 0 Å². The van der Waals surface area contributed by atoms with Crippen LogP contribution >= 0.6 is 11.6 Å². The highest BCUT2D eigenvalue weighted by atomic mass is 35.5. The van der Waals surface area contributed by atoms with Crippen LogP contribution in [0.25, 0.3) is 10.9 Å². The Hall–Kier alpha value is -2.35. The minimum atomic E-state index is -3.78. The highest BCUT2D eigenvalue weighted by molar-refractivity contribution is 7.89. The summed E-state index contributed by atoms with van der Waals surface area (Å²) in [6.07, 6.45) is 4.23. The second-order valence-electron chi connectivity index (χ2n) is 7.66. The molecule has 2 aromatic carbocycles. The van der Waals surface area contributed by atoms with Crippen molar-refractivity contribution in [3.05, 3.63) is 64.3 Å². The number of carbonyl (C=O) groups excluding carboxylic acids is 1. The summed E-state index contributed by atoms with van der Waals surface area (Å²) in [6, 6.07) is 12.3. The lowest BCUT2D eigenvalue weighted by Crippen LogP contribution is -2.38. The average molecular weight is 446 g/mol. The Morgan fingerprint density at radius 3 is 2.63 bits per heavy atom. The topological polar surface area (TPSA) is 82.3 Å². The molecule has 8 heteroatoms. The van der Waals surface area contributed by atoms with Crippen molar-refractivity contribution in [2.75, 3.05) is 13.6 Å². The summed E-state index contributed by atoms with van der Waals surface area (Å²) in [7, 11) is -2.35. The van der Waals surface area contributed by atoms with Gasteiger partial charge in [-0.2, -0.15) is 4.31 Å². The third-order valence-corrected chi connectivity index (χ3v) is 7.60. The normalized spacial score (nSPS) is 14.1. The molecule has 30 heavy (non-hydrogen) atoms. The molecule has 1 aliphatic rings. The first-order chi connectivity index (χ1) is 14.3. The molecule has 158 valence electrons. The van der Waals surface area contributed by atoms with Crippen LogP contribution < -0.4 is 5.32 Å². The van der Waals surface area contributed by atoms with Crippen LogP contribution in [0.1, 0.15) is 29.7 Å². The summed E-state index contributed by atoms with van der Waals surface area (Å²) < 4.78 is 27.2. The molecule has 0 fully saturated rings. The molecule has 0 radical (unpaired) electrons. The standard InChI is InChI=1S/C22H24ClN3O3S/c1-26(14-22(27)24-13-15-6-8-16(23)9-7-15)30(28,29)17-10-11-21-19(12-17)18-4-2-3-5-20(18)25-21/h6-12,25H,2-5,13-14H2,1H3,(H,24,27). The minimum Gasteiger partial charge on any atom is -0.358 e. The molecule has 0 aliphatic heterocycles. The number of aryl methyl sites for hydroxylation is 2. The lowest BCUT2D eigenvalue weighted by Gasteiger charge is -2.17.